The van der Waals surface area contributed by atoms with Crippen LogP contribution in [0, 0.1) is 0 Å². The number of epoxide rings is 2. The summed E-state index contributed by atoms with van der Waals surface area (Å²) in [6.45, 7) is 5.25. The molecule has 5 heteroatoms. The van der Waals surface area contributed by atoms with Crippen LogP contribution in [0.3, 0.4) is 0 Å². The molecule has 0 aliphatic carbocycles. The van der Waals surface area contributed by atoms with Crippen molar-refractivity contribution in [3.63, 3.8) is 0 Å². The van der Waals surface area contributed by atoms with Gasteiger partial charge in [-0.05, 0) is 12.8 Å². The second-order valence-electron chi connectivity index (χ2n) is 4.83. The van der Waals surface area contributed by atoms with E-state index in [-0.39, 0.29) is 9.52 Å². The normalized spacial score (nSPS) is 26.8. The first-order valence-corrected chi connectivity index (χ1v) is 8.84. The molecular formula is C12H24O4Si. The van der Waals surface area contributed by atoms with E-state index in [1.807, 2.05) is 0 Å². The van der Waals surface area contributed by atoms with Gasteiger partial charge in [0.05, 0.1) is 26.4 Å². The molecule has 2 aliphatic rings. The summed E-state index contributed by atoms with van der Waals surface area (Å²) in [4.78, 5) is 0. The fourth-order valence-corrected chi connectivity index (χ4v) is 3.17. The van der Waals surface area contributed by atoms with Crippen LogP contribution < -0.4 is 0 Å². The van der Waals surface area contributed by atoms with E-state index < -0.39 is 0 Å². The molecule has 17 heavy (non-hydrogen) atoms. The predicted octanol–water partition coefficient (Wildman–Crippen LogP) is 0.603. The maximum Gasteiger partial charge on any atom is 0.104 e. The van der Waals surface area contributed by atoms with Gasteiger partial charge in [0, 0.05) is 22.7 Å². The minimum Gasteiger partial charge on any atom is -0.379 e. The molecule has 4 nitrogen and oxygen atoms in total. The van der Waals surface area contributed by atoms with Crippen molar-refractivity contribution in [2.75, 3.05) is 39.6 Å². The van der Waals surface area contributed by atoms with Crippen LogP contribution in [0.15, 0.2) is 0 Å². The second-order valence-corrected chi connectivity index (χ2v) is 6.95. The average Bonchev–Trinajstić information content (AvgIpc) is 3.19. The molecule has 2 atom stereocenters. The van der Waals surface area contributed by atoms with E-state index in [4.69, 9.17) is 18.9 Å². The molecule has 100 valence electrons. The Morgan fingerprint density at radius 1 is 0.882 bits per heavy atom. The minimum atomic E-state index is 0.125. The van der Waals surface area contributed by atoms with E-state index in [0.717, 1.165) is 39.6 Å². The van der Waals surface area contributed by atoms with Crippen LogP contribution in [-0.4, -0.2) is 61.4 Å². The SMILES string of the molecule is C(COCC1CO1)C[SiH2]CCCOCC1CO1. The smallest absolute Gasteiger partial charge is 0.104 e. The molecule has 0 N–H and O–H groups in total. The fraction of sp³-hybridized carbons (Fsp3) is 1.00. The van der Waals surface area contributed by atoms with Gasteiger partial charge in [0.15, 0.2) is 0 Å². The maximum atomic E-state index is 5.49. The van der Waals surface area contributed by atoms with Crippen LogP contribution in [-0.2, 0) is 18.9 Å². The van der Waals surface area contributed by atoms with E-state index in [2.05, 4.69) is 0 Å². The molecule has 2 heterocycles. The van der Waals surface area contributed by atoms with Gasteiger partial charge in [0.2, 0.25) is 0 Å². The molecule has 2 saturated heterocycles. The van der Waals surface area contributed by atoms with Gasteiger partial charge in [0.1, 0.15) is 12.2 Å². The van der Waals surface area contributed by atoms with Gasteiger partial charge in [-0.3, -0.25) is 0 Å². The van der Waals surface area contributed by atoms with Crippen molar-refractivity contribution in [2.45, 2.75) is 37.1 Å². The summed E-state index contributed by atoms with van der Waals surface area (Å²) in [5, 5.41) is 0. The van der Waals surface area contributed by atoms with Crippen molar-refractivity contribution in [3.05, 3.63) is 0 Å². The highest BCUT2D eigenvalue weighted by Gasteiger charge is 2.22. The third-order valence-corrected chi connectivity index (χ3v) is 4.99. The Hall–Kier alpha value is 0.0569. The zero-order valence-corrected chi connectivity index (χ0v) is 12.0. The van der Waals surface area contributed by atoms with E-state index >= 15 is 0 Å². The Morgan fingerprint density at radius 2 is 1.35 bits per heavy atom. The van der Waals surface area contributed by atoms with Crippen molar-refractivity contribution >= 4 is 9.52 Å². The summed E-state index contributed by atoms with van der Waals surface area (Å²) in [6.07, 6.45) is 3.30. The summed E-state index contributed by atoms with van der Waals surface area (Å²) in [6, 6.07) is 2.80. The molecule has 0 spiro atoms. The lowest BCUT2D eigenvalue weighted by Gasteiger charge is -2.03. The van der Waals surface area contributed by atoms with Gasteiger partial charge in [-0.15, -0.1) is 0 Å². The molecule has 0 radical (unpaired) electrons. The summed E-state index contributed by atoms with van der Waals surface area (Å²) in [5.41, 5.74) is 0. The van der Waals surface area contributed by atoms with Crippen LogP contribution in [0.1, 0.15) is 12.8 Å². The zero-order chi connectivity index (χ0) is 11.8. The Kier molecular flexibility index (Phi) is 6.51. The highest BCUT2D eigenvalue weighted by Crippen LogP contribution is 2.09. The molecule has 2 rings (SSSR count). The molecule has 0 bridgehead atoms. The lowest BCUT2D eigenvalue weighted by atomic mass is 10.5. The predicted molar refractivity (Wildman–Crippen MR) is 68.5 cm³/mol. The standard InChI is InChI=1S/C12H24O4Si/c1(3-13-7-11-9-15-11)5-17-6-2-4-14-8-12-10-16-12/h11-12H,1-10,17H2. The number of hydrogen-bond donors (Lipinski definition) is 0. The molecule has 0 aromatic heterocycles. The van der Waals surface area contributed by atoms with Crippen molar-refractivity contribution in [1.29, 1.82) is 0 Å². The van der Waals surface area contributed by atoms with Gasteiger partial charge in [-0.2, -0.15) is 0 Å². The highest BCUT2D eigenvalue weighted by atomic mass is 28.2. The summed E-state index contributed by atoms with van der Waals surface area (Å²) < 4.78 is 21.1. The molecule has 2 fully saturated rings. The van der Waals surface area contributed by atoms with Crippen molar-refractivity contribution in [1.82, 2.24) is 0 Å². The summed E-state index contributed by atoms with van der Waals surface area (Å²) in [5.74, 6) is 0. The molecule has 0 aromatic rings. The molecule has 2 unspecified atom stereocenters. The van der Waals surface area contributed by atoms with Crippen LogP contribution in [0.2, 0.25) is 12.1 Å². The molecule has 0 aromatic carbocycles. The topological polar surface area (TPSA) is 43.5 Å². The molecule has 0 saturated carbocycles. The lowest BCUT2D eigenvalue weighted by molar-refractivity contribution is 0.116. The van der Waals surface area contributed by atoms with Crippen molar-refractivity contribution < 1.29 is 18.9 Å². The summed E-state index contributed by atoms with van der Waals surface area (Å²) in [7, 11) is 0.125. The Balaban J connectivity index is 1.20. The third kappa shape index (κ3) is 7.89. The Morgan fingerprint density at radius 3 is 1.76 bits per heavy atom. The van der Waals surface area contributed by atoms with Crippen molar-refractivity contribution in [2.24, 2.45) is 0 Å². The van der Waals surface area contributed by atoms with Crippen LogP contribution in [0.25, 0.3) is 0 Å². The highest BCUT2D eigenvalue weighted by molar-refractivity contribution is 6.35. The lowest BCUT2D eigenvalue weighted by Crippen LogP contribution is -2.05. The van der Waals surface area contributed by atoms with Crippen molar-refractivity contribution in [3.8, 4) is 0 Å². The average molecular weight is 260 g/mol. The number of rotatable bonds is 12. The second kappa shape index (κ2) is 8.21. The first-order chi connectivity index (χ1) is 8.45. The number of hydrogen-bond acceptors (Lipinski definition) is 4. The number of ether oxygens (including phenoxy) is 4. The maximum absolute atomic E-state index is 5.49. The first-order valence-electron chi connectivity index (χ1n) is 6.84. The first kappa shape index (κ1) is 13.5. The van der Waals surface area contributed by atoms with Gasteiger partial charge in [-0.25, -0.2) is 0 Å². The van der Waals surface area contributed by atoms with Crippen LogP contribution in [0.5, 0.6) is 0 Å². The zero-order valence-electron chi connectivity index (χ0n) is 10.6. The van der Waals surface area contributed by atoms with Gasteiger partial charge < -0.3 is 18.9 Å². The molecular weight excluding hydrogens is 236 g/mol. The molecule has 2 aliphatic heterocycles. The van der Waals surface area contributed by atoms with E-state index in [1.54, 1.807) is 0 Å². The molecule has 0 amide bonds. The third-order valence-electron chi connectivity index (χ3n) is 2.99. The van der Waals surface area contributed by atoms with Gasteiger partial charge >= 0.3 is 0 Å². The fourth-order valence-electron chi connectivity index (χ4n) is 1.70. The van der Waals surface area contributed by atoms with Gasteiger partial charge in [0.25, 0.3) is 0 Å². The van der Waals surface area contributed by atoms with E-state index in [1.165, 1.54) is 24.9 Å². The monoisotopic (exact) mass is 260 g/mol. The van der Waals surface area contributed by atoms with Crippen LogP contribution in [0.4, 0.5) is 0 Å². The quantitative estimate of drug-likeness (QED) is 0.293. The van der Waals surface area contributed by atoms with Crippen LogP contribution >= 0.6 is 0 Å². The van der Waals surface area contributed by atoms with E-state index in [9.17, 15) is 0 Å². The minimum absolute atomic E-state index is 0.125. The van der Waals surface area contributed by atoms with E-state index in [0.29, 0.717) is 12.2 Å². The summed E-state index contributed by atoms with van der Waals surface area (Å²) >= 11 is 0. The Labute approximate surface area is 106 Å². The van der Waals surface area contributed by atoms with Gasteiger partial charge in [-0.1, -0.05) is 12.1 Å². The Bertz CT molecular complexity index is 175. The largest absolute Gasteiger partial charge is 0.379 e.